The highest BCUT2D eigenvalue weighted by atomic mass is 32.1. The highest BCUT2D eigenvalue weighted by Crippen LogP contribution is 2.27. The average molecular weight is 254 g/mol. The van der Waals surface area contributed by atoms with Crippen LogP contribution in [0, 0.1) is 0 Å². The summed E-state index contributed by atoms with van der Waals surface area (Å²) in [6.45, 7) is 8.59. The second-order valence-corrected chi connectivity index (χ2v) is 5.56. The van der Waals surface area contributed by atoms with Crippen molar-refractivity contribution in [1.82, 2.24) is 10.6 Å². The molecule has 2 N–H and O–H groups in total. The second kappa shape index (κ2) is 6.77. The Hall–Kier alpha value is -0.870. The first-order valence-corrected chi connectivity index (χ1v) is 7.00. The molecule has 1 amide bonds. The summed E-state index contributed by atoms with van der Waals surface area (Å²) in [5, 5.41) is 8.25. The van der Waals surface area contributed by atoms with Crippen LogP contribution in [0.1, 0.15) is 32.1 Å². The van der Waals surface area contributed by atoms with E-state index < -0.39 is 5.41 Å². The fraction of sp³-hybridized carbons (Fsp3) is 0.615. The van der Waals surface area contributed by atoms with Crippen LogP contribution in [0.15, 0.2) is 17.5 Å². The predicted molar refractivity (Wildman–Crippen MR) is 73.5 cm³/mol. The largest absolute Gasteiger partial charge is 0.354 e. The molecule has 0 aromatic carbocycles. The van der Waals surface area contributed by atoms with Gasteiger partial charge in [0.2, 0.25) is 5.91 Å². The first kappa shape index (κ1) is 14.2. The smallest absolute Gasteiger partial charge is 0.230 e. The average Bonchev–Trinajstić information content (AvgIpc) is 2.82. The van der Waals surface area contributed by atoms with E-state index in [9.17, 15) is 4.79 Å². The maximum absolute atomic E-state index is 12.1. The fourth-order valence-electron chi connectivity index (χ4n) is 1.53. The van der Waals surface area contributed by atoms with E-state index in [2.05, 4.69) is 17.6 Å². The summed E-state index contributed by atoms with van der Waals surface area (Å²) in [6, 6.07) is 4.00. The molecule has 17 heavy (non-hydrogen) atoms. The Balaban J connectivity index is 2.37. The number of amides is 1. The molecule has 96 valence electrons. The van der Waals surface area contributed by atoms with Gasteiger partial charge in [-0.2, -0.15) is 0 Å². The standard InChI is InChI=1S/C13H22N2OS/c1-4-7-14-8-9-15-12(16)13(2,3)11-6-5-10-17-11/h5-6,10,14H,4,7-9H2,1-3H3,(H,15,16). The lowest BCUT2D eigenvalue weighted by Crippen LogP contribution is -2.42. The van der Waals surface area contributed by atoms with Gasteiger partial charge in [0.25, 0.3) is 0 Å². The van der Waals surface area contributed by atoms with Crippen molar-refractivity contribution in [2.24, 2.45) is 0 Å². The van der Waals surface area contributed by atoms with E-state index in [-0.39, 0.29) is 5.91 Å². The molecule has 0 aliphatic heterocycles. The van der Waals surface area contributed by atoms with Gasteiger partial charge in [-0.1, -0.05) is 13.0 Å². The van der Waals surface area contributed by atoms with E-state index in [0.29, 0.717) is 6.54 Å². The van der Waals surface area contributed by atoms with Gasteiger partial charge in [-0.3, -0.25) is 4.79 Å². The number of carbonyl (C=O) groups is 1. The molecule has 0 unspecified atom stereocenters. The van der Waals surface area contributed by atoms with Crippen molar-refractivity contribution in [2.45, 2.75) is 32.6 Å². The Morgan fingerprint density at radius 3 is 2.71 bits per heavy atom. The van der Waals surface area contributed by atoms with Crippen molar-refractivity contribution in [2.75, 3.05) is 19.6 Å². The third kappa shape index (κ3) is 4.13. The third-order valence-corrected chi connectivity index (χ3v) is 3.91. The number of hydrogen-bond donors (Lipinski definition) is 2. The third-order valence-electron chi connectivity index (χ3n) is 2.72. The Morgan fingerprint density at radius 2 is 2.12 bits per heavy atom. The first-order chi connectivity index (χ1) is 8.09. The van der Waals surface area contributed by atoms with Gasteiger partial charge in [-0.25, -0.2) is 0 Å². The lowest BCUT2D eigenvalue weighted by molar-refractivity contribution is -0.125. The van der Waals surface area contributed by atoms with E-state index >= 15 is 0 Å². The van der Waals surface area contributed by atoms with Gasteiger partial charge in [-0.05, 0) is 38.3 Å². The van der Waals surface area contributed by atoms with Crippen LogP contribution >= 0.6 is 11.3 Å². The van der Waals surface area contributed by atoms with Crippen molar-refractivity contribution >= 4 is 17.2 Å². The molecule has 3 nitrogen and oxygen atoms in total. The molecule has 0 aliphatic carbocycles. The summed E-state index contributed by atoms with van der Waals surface area (Å²) in [5.74, 6) is 0.0956. The summed E-state index contributed by atoms with van der Waals surface area (Å²) in [7, 11) is 0. The van der Waals surface area contributed by atoms with Crippen molar-refractivity contribution in [1.29, 1.82) is 0 Å². The Kier molecular flexibility index (Phi) is 5.65. The molecule has 0 aliphatic rings. The monoisotopic (exact) mass is 254 g/mol. The molecule has 0 saturated heterocycles. The van der Waals surface area contributed by atoms with Gasteiger partial charge in [0.05, 0.1) is 5.41 Å². The van der Waals surface area contributed by atoms with E-state index in [1.807, 2.05) is 31.4 Å². The summed E-state index contributed by atoms with van der Waals surface area (Å²) in [6.07, 6.45) is 1.12. The maximum Gasteiger partial charge on any atom is 0.230 e. The van der Waals surface area contributed by atoms with Crippen molar-refractivity contribution in [3.8, 4) is 0 Å². The topological polar surface area (TPSA) is 41.1 Å². The zero-order valence-electron chi connectivity index (χ0n) is 10.9. The Labute approximate surface area is 108 Å². The molecular formula is C13H22N2OS. The molecule has 0 radical (unpaired) electrons. The van der Waals surface area contributed by atoms with Gasteiger partial charge < -0.3 is 10.6 Å². The van der Waals surface area contributed by atoms with Crippen LogP contribution in [0.25, 0.3) is 0 Å². The number of hydrogen-bond acceptors (Lipinski definition) is 3. The molecule has 0 bridgehead atoms. The van der Waals surface area contributed by atoms with Gasteiger partial charge in [0.15, 0.2) is 0 Å². The first-order valence-electron chi connectivity index (χ1n) is 6.12. The van der Waals surface area contributed by atoms with E-state index in [1.165, 1.54) is 0 Å². The molecule has 1 aromatic rings. The minimum atomic E-state index is -0.432. The summed E-state index contributed by atoms with van der Waals surface area (Å²) < 4.78 is 0. The predicted octanol–water partition coefficient (Wildman–Crippen LogP) is 2.14. The van der Waals surface area contributed by atoms with Crippen LogP contribution in [-0.2, 0) is 10.2 Å². The van der Waals surface area contributed by atoms with Gasteiger partial charge in [-0.15, -0.1) is 11.3 Å². The molecule has 1 heterocycles. The zero-order chi connectivity index (χ0) is 12.7. The van der Waals surface area contributed by atoms with Gasteiger partial charge >= 0.3 is 0 Å². The van der Waals surface area contributed by atoms with E-state index in [4.69, 9.17) is 0 Å². The number of carbonyl (C=O) groups excluding carboxylic acids is 1. The number of rotatable bonds is 7. The zero-order valence-corrected chi connectivity index (χ0v) is 11.7. The molecule has 0 atom stereocenters. The van der Waals surface area contributed by atoms with Gasteiger partial charge in [0.1, 0.15) is 0 Å². The van der Waals surface area contributed by atoms with Crippen LogP contribution in [0.2, 0.25) is 0 Å². The summed E-state index contributed by atoms with van der Waals surface area (Å²) in [4.78, 5) is 13.2. The Bertz CT molecular complexity index is 333. The second-order valence-electron chi connectivity index (χ2n) is 4.61. The Morgan fingerprint density at radius 1 is 1.35 bits per heavy atom. The molecule has 1 rings (SSSR count). The lowest BCUT2D eigenvalue weighted by Gasteiger charge is -2.22. The highest BCUT2D eigenvalue weighted by Gasteiger charge is 2.30. The molecular weight excluding hydrogens is 232 g/mol. The molecule has 1 aromatic heterocycles. The van der Waals surface area contributed by atoms with Crippen LogP contribution in [0.4, 0.5) is 0 Å². The summed E-state index contributed by atoms with van der Waals surface area (Å²) in [5.41, 5.74) is -0.432. The minimum Gasteiger partial charge on any atom is -0.354 e. The minimum absolute atomic E-state index is 0.0956. The van der Waals surface area contributed by atoms with E-state index in [1.54, 1.807) is 11.3 Å². The summed E-state index contributed by atoms with van der Waals surface area (Å²) >= 11 is 1.63. The SMILES string of the molecule is CCCNCCNC(=O)C(C)(C)c1cccs1. The van der Waals surface area contributed by atoms with Crippen molar-refractivity contribution in [3.63, 3.8) is 0 Å². The number of nitrogens with one attached hydrogen (secondary N) is 2. The maximum atomic E-state index is 12.1. The van der Waals surface area contributed by atoms with E-state index in [0.717, 1.165) is 24.4 Å². The number of thiophene rings is 1. The lowest BCUT2D eigenvalue weighted by atomic mass is 9.90. The normalized spacial score (nSPS) is 11.5. The van der Waals surface area contributed by atoms with Crippen LogP contribution in [0.3, 0.4) is 0 Å². The molecule has 0 spiro atoms. The molecule has 0 fully saturated rings. The van der Waals surface area contributed by atoms with Gasteiger partial charge in [0, 0.05) is 18.0 Å². The van der Waals surface area contributed by atoms with Crippen molar-refractivity contribution < 1.29 is 4.79 Å². The highest BCUT2D eigenvalue weighted by molar-refractivity contribution is 7.10. The van der Waals surface area contributed by atoms with Crippen LogP contribution < -0.4 is 10.6 Å². The van der Waals surface area contributed by atoms with Crippen molar-refractivity contribution in [3.05, 3.63) is 22.4 Å². The van der Waals surface area contributed by atoms with Crippen LogP contribution in [0.5, 0.6) is 0 Å². The molecule has 0 saturated carbocycles. The molecule has 4 heteroatoms. The fourth-order valence-corrected chi connectivity index (χ4v) is 2.38. The van der Waals surface area contributed by atoms with Crippen LogP contribution in [-0.4, -0.2) is 25.5 Å². The quantitative estimate of drug-likeness (QED) is 0.732.